The van der Waals surface area contributed by atoms with Crippen LogP contribution in [0.15, 0.2) is 53.0 Å². The molecule has 0 saturated heterocycles. The Morgan fingerprint density at radius 3 is 2.33 bits per heavy atom. The highest BCUT2D eigenvalue weighted by Gasteiger charge is 2.32. The molecule has 1 fully saturated rings. The molecule has 2 amide bonds. The highest BCUT2D eigenvalue weighted by atomic mass is 79.9. The summed E-state index contributed by atoms with van der Waals surface area (Å²) in [6.07, 6.45) is 0.125. The van der Waals surface area contributed by atoms with Gasteiger partial charge in [0.1, 0.15) is 6.04 Å². The molecule has 1 aliphatic carbocycles. The molecular weight excluding hydrogens is 599 g/mol. The predicted molar refractivity (Wildman–Crippen MR) is 147 cm³/mol. The zero-order chi connectivity index (χ0) is 28.8. The molecule has 0 heterocycles. The summed E-state index contributed by atoms with van der Waals surface area (Å²) in [7, 11) is -3.92. The van der Waals surface area contributed by atoms with E-state index in [0.29, 0.717) is 0 Å². The van der Waals surface area contributed by atoms with Crippen molar-refractivity contribution < 1.29 is 31.2 Å². The Hall–Kier alpha value is -2.60. The van der Waals surface area contributed by atoms with Gasteiger partial charge in [0, 0.05) is 30.0 Å². The summed E-state index contributed by atoms with van der Waals surface area (Å²) in [6, 6.07) is 10.7. The normalized spacial score (nSPS) is 15.1. The van der Waals surface area contributed by atoms with Crippen LogP contribution in [0.25, 0.3) is 0 Å². The number of anilines is 1. The lowest BCUT2D eigenvalue weighted by Gasteiger charge is -2.30. The molecule has 7 nitrogen and oxygen atoms in total. The molecule has 0 aromatic heterocycles. The van der Waals surface area contributed by atoms with Crippen LogP contribution in [0.2, 0.25) is 0 Å². The van der Waals surface area contributed by atoms with Crippen molar-refractivity contribution in [3.8, 4) is 0 Å². The summed E-state index contributed by atoms with van der Waals surface area (Å²) >= 11 is 3.38. The van der Waals surface area contributed by atoms with Gasteiger partial charge in [-0.05, 0) is 62.1 Å². The molecule has 2 aromatic carbocycles. The van der Waals surface area contributed by atoms with Gasteiger partial charge in [0.15, 0.2) is 0 Å². The summed E-state index contributed by atoms with van der Waals surface area (Å²) in [5.74, 6) is -0.612. The van der Waals surface area contributed by atoms with E-state index in [1.54, 1.807) is 6.92 Å². The smallest absolute Gasteiger partial charge is 0.352 e. The first kappa shape index (κ1) is 30.9. The Balaban J connectivity index is 1.74. The van der Waals surface area contributed by atoms with E-state index in [-0.39, 0.29) is 49.5 Å². The van der Waals surface area contributed by atoms with Crippen molar-refractivity contribution in [1.29, 1.82) is 0 Å². The number of carbonyl (C=O) groups is 2. The second kappa shape index (κ2) is 13.2. The third-order valence-electron chi connectivity index (χ3n) is 6.75. The summed E-state index contributed by atoms with van der Waals surface area (Å²) in [5, 5.41) is 3.02. The van der Waals surface area contributed by atoms with Crippen LogP contribution in [0.5, 0.6) is 0 Å². The summed E-state index contributed by atoms with van der Waals surface area (Å²) in [4.78, 5) is 27.8. The average Bonchev–Trinajstić information content (AvgIpc) is 3.37. The molecule has 1 atom stereocenters. The summed E-state index contributed by atoms with van der Waals surface area (Å²) in [6.45, 7) is 1.64. The predicted octanol–water partition coefficient (Wildman–Crippen LogP) is 5.49. The lowest BCUT2D eigenvalue weighted by atomic mass is 10.1. The molecule has 0 spiro atoms. The minimum absolute atomic E-state index is 0.0515. The molecule has 0 bridgehead atoms. The van der Waals surface area contributed by atoms with E-state index >= 15 is 0 Å². The third-order valence-corrected chi connectivity index (χ3v) is 8.47. The van der Waals surface area contributed by atoms with E-state index in [1.165, 1.54) is 11.0 Å². The quantitative estimate of drug-likeness (QED) is 0.355. The molecule has 12 heteroatoms. The van der Waals surface area contributed by atoms with Gasteiger partial charge in [-0.3, -0.25) is 13.9 Å². The van der Waals surface area contributed by atoms with Gasteiger partial charge in [-0.1, -0.05) is 47.0 Å². The van der Waals surface area contributed by atoms with E-state index < -0.39 is 27.8 Å². The fraction of sp³-hybridized carbons (Fsp3) is 0.481. The van der Waals surface area contributed by atoms with Crippen LogP contribution < -0.4 is 9.62 Å². The van der Waals surface area contributed by atoms with Gasteiger partial charge in [-0.15, -0.1) is 0 Å². The first-order chi connectivity index (χ1) is 18.3. The highest BCUT2D eigenvalue weighted by Crippen LogP contribution is 2.32. The Morgan fingerprint density at radius 2 is 1.74 bits per heavy atom. The van der Waals surface area contributed by atoms with E-state index in [1.807, 2.05) is 24.3 Å². The number of nitrogens with one attached hydrogen (secondary N) is 1. The zero-order valence-corrected chi connectivity index (χ0v) is 24.3. The van der Waals surface area contributed by atoms with Crippen LogP contribution in [0, 0.1) is 0 Å². The fourth-order valence-electron chi connectivity index (χ4n) is 4.60. The second-order valence-electron chi connectivity index (χ2n) is 9.80. The van der Waals surface area contributed by atoms with Crippen LogP contribution in [-0.2, 0) is 32.3 Å². The molecule has 1 N–H and O–H groups in total. The number of halogens is 4. The van der Waals surface area contributed by atoms with Gasteiger partial charge in [0.25, 0.3) is 0 Å². The molecule has 2 aromatic rings. The number of amides is 2. The van der Waals surface area contributed by atoms with Gasteiger partial charge < -0.3 is 10.2 Å². The third kappa shape index (κ3) is 8.96. The standard InChI is InChI=1S/C27H33BrF3N3O4S/c1-19(26(36)32-23-8-3-4-9-23)33(18-20-12-14-22(28)15-13-20)25(35)11-6-16-34(39(2,37)38)24-10-5-7-21(17-24)27(29,30)31/h5,7,10,12-15,17,19,23H,3-4,6,8-9,11,16,18H2,1-2H3,(H,32,36)/t19-/m0/s1. The fourth-order valence-corrected chi connectivity index (χ4v) is 5.82. The van der Waals surface area contributed by atoms with Crippen LogP contribution >= 0.6 is 15.9 Å². The molecule has 0 radical (unpaired) electrons. The molecule has 1 saturated carbocycles. The number of nitrogens with zero attached hydrogens (tertiary/aromatic N) is 2. The lowest BCUT2D eigenvalue weighted by molar-refractivity contribution is -0.141. The molecule has 0 unspecified atom stereocenters. The van der Waals surface area contributed by atoms with Gasteiger partial charge in [-0.2, -0.15) is 13.2 Å². The van der Waals surface area contributed by atoms with Gasteiger partial charge in [0.2, 0.25) is 21.8 Å². The number of sulfonamides is 1. The first-order valence-corrected chi connectivity index (χ1v) is 15.4. The minimum atomic E-state index is -4.63. The molecular formula is C27H33BrF3N3O4S. The van der Waals surface area contributed by atoms with Crippen LogP contribution in [0.1, 0.15) is 56.6 Å². The van der Waals surface area contributed by atoms with Crippen molar-refractivity contribution in [3.63, 3.8) is 0 Å². The van der Waals surface area contributed by atoms with Crippen LogP contribution in [0.3, 0.4) is 0 Å². The second-order valence-corrected chi connectivity index (χ2v) is 12.6. The maximum Gasteiger partial charge on any atom is 0.416 e. The van der Waals surface area contributed by atoms with Crippen molar-refractivity contribution in [2.45, 2.75) is 70.3 Å². The molecule has 214 valence electrons. The number of alkyl halides is 3. The summed E-state index contributed by atoms with van der Waals surface area (Å²) < 4.78 is 66.2. The van der Waals surface area contributed by atoms with Gasteiger partial charge >= 0.3 is 6.18 Å². The van der Waals surface area contributed by atoms with Gasteiger partial charge in [-0.25, -0.2) is 8.42 Å². The zero-order valence-electron chi connectivity index (χ0n) is 21.9. The lowest BCUT2D eigenvalue weighted by Crippen LogP contribution is -2.49. The van der Waals surface area contributed by atoms with E-state index in [0.717, 1.165) is 64.5 Å². The Kier molecular flexibility index (Phi) is 10.4. The number of rotatable bonds is 11. The molecule has 3 rings (SSSR count). The van der Waals surface area contributed by atoms with Crippen molar-refractivity contribution >= 4 is 43.5 Å². The monoisotopic (exact) mass is 631 g/mol. The van der Waals surface area contributed by atoms with E-state index in [4.69, 9.17) is 0 Å². The van der Waals surface area contributed by atoms with Crippen molar-refractivity contribution in [1.82, 2.24) is 10.2 Å². The van der Waals surface area contributed by atoms with E-state index in [2.05, 4.69) is 21.2 Å². The number of carbonyl (C=O) groups excluding carboxylic acids is 2. The minimum Gasteiger partial charge on any atom is -0.352 e. The van der Waals surface area contributed by atoms with Crippen molar-refractivity contribution in [3.05, 3.63) is 64.1 Å². The highest BCUT2D eigenvalue weighted by molar-refractivity contribution is 9.10. The number of hydrogen-bond donors (Lipinski definition) is 1. The van der Waals surface area contributed by atoms with Crippen molar-refractivity contribution in [2.24, 2.45) is 0 Å². The number of hydrogen-bond acceptors (Lipinski definition) is 4. The molecule has 1 aliphatic rings. The van der Waals surface area contributed by atoms with Crippen molar-refractivity contribution in [2.75, 3.05) is 17.1 Å². The number of benzene rings is 2. The Morgan fingerprint density at radius 1 is 1.10 bits per heavy atom. The largest absolute Gasteiger partial charge is 0.416 e. The SMILES string of the molecule is C[C@@H](C(=O)NC1CCCC1)N(Cc1ccc(Br)cc1)C(=O)CCCN(c1cccc(C(F)(F)F)c1)S(C)(=O)=O. The summed E-state index contributed by atoms with van der Waals surface area (Å²) in [5.41, 5.74) is -0.280. The molecule has 0 aliphatic heterocycles. The van der Waals surface area contributed by atoms with E-state index in [9.17, 15) is 31.2 Å². The van der Waals surface area contributed by atoms with Crippen LogP contribution in [-0.4, -0.2) is 50.0 Å². The maximum atomic E-state index is 13.4. The van der Waals surface area contributed by atoms with Gasteiger partial charge in [0.05, 0.1) is 17.5 Å². The molecule has 39 heavy (non-hydrogen) atoms. The van der Waals surface area contributed by atoms with Crippen LogP contribution in [0.4, 0.5) is 18.9 Å². The first-order valence-electron chi connectivity index (χ1n) is 12.7. The Bertz CT molecular complexity index is 1250. The Labute approximate surface area is 235 Å². The maximum absolute atomic E-state index is 13.4. The average molecular weight is 633 g/mol. The topological polar surface area (TPSA) is 86.8 Å².